The molecular formula is C9H9ClN2O2. The van der Waals surface area contributed by atoms with Crippen LogP contribution in [-0.2, 0) is 4.74 Å². The van der Waals surface area contributed by atoms with Gasteiger partial charge in [0.05, 0.1) is 17.7 Å². The number of carbonyl (C=O) groups is 1. The standard InChI is InChI=1S/C9H9ClN2O2/c10-7-5-11-3-1-6(7)8-2-4-14-9(13)12-8/h1,3,5,8H,2,4H2,(H,12,13)/t8-/m0/s1. The number of aromatic nitrogens is 1. The number of nitrogens with one attached hydrogen (secondary N) is 1. The number of hydrogen-bond acceptors (Lipinski definition) is 3. The van der Waals surface area contributed by atoms with Crippen LogP contribution in [0, 0.1) is 0 Å². The lowest BCUT2D eigenvalue weighted by Crippen LogP contribution is -2.35. The maximum absolute atomic E-state index is 11.0. The molecule has 0 spiro atoms. The normalized spacial score (nSPS) is 21.2. The van der Waals surface area contributed by atoms with Crippen LogP contribution in [0.2, 0.25) is 5.02 Å². The van der Waals surface area contributed by atoms with E-state index in [2.05, 4.69) is 10.3 Å². The monoisotopic (exact) mass is 212 g/mol. The number of ether oxygens (including phenoxy) is 1. The molecule has 0 aliphatic carbocycles. The van der Waals surface area contributed by atoms with Crippen molar-refractivity contribution in [1.82, 2.24) is 10.3 Å². The average Bonchev–Trinajstić information content (AvgIpc) is 2.18. The fraction of sp³-hybridized carbons (Fsp3) is 0.333. The molecule has 2 heterocycles. The number of alkyl carbamates (subject to hydrolysis) is 1. The third-order valence-electron chi connectivity index (χ3n) is 2.11. The fourth-order valence-electron chi connectivity index (χ4n) is 1.43. The second-order valence-electron chi connectivity index (χ2n) is 3.02. The van der Waals surface area contributed by atoms with Gasteiger partial charge in [-0.25, -0.2) is 4.79 Å². The highest BCUT2D eigenvalue weighted by atomic mass is 35.5. The molecule has 0 unspecified atom stereocenters. The summed E-state index contributed by atoms with van der Waals surface area (Å²) in [6.07, 6.45) is 3.56. The summed E-state index contributed by atoms with van der Waals surface area (Å²) < 4.78 is 4.76. The van der Waals surface area contributed by atoms with E-state index in [0.717, 1.165) is 12.0 Å². The van der Waals surface area contributed by atoms with Gasteiger partial charge in [-0.05, 0) is 11.6 Å². The Labute approximate surface area is 86.2 Å². The number of halogens is 1. The molecule has 1 aromatic heterocycles. The Morgan fingerprint density at radius 3 is 3.21 bits per heavy atom. The van der Waals surface area contributed by atoms with Crippen LogP contribution in [0.5, 0.6) is 0 Å². The van der Waals surface area contributed by atoms with E-state index in [1.807, 2.05) is 0 Å². The first-order valence-corrected chi connectivity index (χ1v) is 4.68. The maximum Gasteiger partial charge on any atom is 0.407 e. The summed E-state index contributed by atoms with van der Waals surface area (Å²) in [4.78, 5) is 14.8. The van der Waals surface area contributed by atoms with Crippen LogP contribution in [0.3, 0.4) is 0 Å². The van der Waals surface area contributed by atoms with Crippen molar-refractivity contribution in [2.24, 2.45) is 0 Å². The van der Waals surface area contributed by atoms with Crippen molar-refractivity contribution in [2.75, 3.05) is 6.61 Å². The molecule has 14 heavy (non-hydrogen) atoms. The van der Waals surface area contributed by atoms with Gasteiger partial charge in [0, 0.05) is 18.8 Å². The smallest absolute Gasteiger partial charge is 0.407 e. The molecule has 0 radical (unpaired) electrons. The largest absolute Gasteiger partial charge is 0.449 e. The molecule has 1 amide bonds. The zero-order valence-electron chi connectivity index (χ0n) is 7.37. The summed E-state index contributed by atoms with van der Waals surface area (Å²) in [5, 5.41) is 3.27. The molecule has 1 aliphatic rings. The summed E-state index contributed by atoms with van der Waals surface area (Å²) in [5.74, 6) is 0. The van der Waals surface area contributed by atoms with Crippen molar-refractivity contribution in [2.45, 2.75) is 12.5 Å². The van der Waals surface area contributed by atoms with Crippen molar-refractivity contribution in [1.29, 1.82) is 0 Å². The zero-order valence-corrected chi connectivity index (χ0v) is 8.12. The Kier molecular flexibility index (Phi) is 2.54. The average molecular weight is 213 g/mol. The number of pyridine rings is 1. The van der Waals surface area contributed by atoms with Crippen LogP contribution in [0.4, 0.5) is 4.79 Å². The molecule has 1 fully saturated rings. The van der Waals surface area contributed by atoms with Crippen LogP contribution < -0.4 is 5.32 Å². The van der Waals surface area contributed by atoms with Gasteiger partial charge in [-0.2, -0.15) is 0 Å². The molecule has 74 valence electrons. The Hall–Kier alpha value is -1.29. The molecule has 1 aromatic rings. The van der Waals surface area contributed by atoms with Crippen LogP contribution in [-0.4, -0.2) is 17.7 Å². The lowest BCUT2D eigenvalue weighted by atomic mass is 10.1. The van der Waals surface area contributed by atoms with Gasteiger partial charge in [-0.15, -0.1) is 0 Å². The van der Waals surface area contributed by atoms with E-state index < -0.39 is 6.09 Å². The van der Waals surface area contributed by atoms with Crippen molar-refractivity contribution >= 4 is 17.7 Å². The maximum atomic E-state index is 11.0. The molecule has 0 saturated carbocycles. The molecule has 1 saturated heterocycles. The predicted octanol–water partition coefficient (Wildman–Crippen LogP) is 1.91. The number of rotatable bonds is 1. The second-order valence-corrected chi connectivity index (χ2v) is 3.43. The van der Waals surface area contributed by atoms with Crippen molar-refractivity contribution in [3.8, 4) is 0 Å². The molecule has 1 aliphatic heterocycles. The highest BCUT2D eigenvalue weighted by molar-refractivity contribution is 6.31. The minimum atomic E-state index is -0.394. The van der Waals surface area contributed by atoms with Gasteiger partial charge in [0.1, 0.15) is 0 Å². The SMILES string of the molecule is O=C1N[C@H](c2ccncc2Cl)CCO1. The van der Waals surface area contributed by atoms with E-state index in [9.17, 15) is 4.79 Å². The van der Waals surface area contributed by atoms with Crippen LogP contribution in [0.15, 0.2) is 18.5 Å². The highest BCUT2D eigenvalue weighted by Crippen LogP contribution is 2.25. The highest BCUT2D eigenvalue weighted by Gasteiger charge is 2.22. The topological polar surface area (TPSA) is 51.2 Å². The number of nitrogens with zero attached hydrogens (tertiary/aromatic N) is 1. The third-order valence-corrected chi connectivity index (χ3v) is 2.43. The van der Waals surface area contributed by atoms with E-state index >= 15 is 0 Å². The number of hydrogen-bond donors (Lipinski definition) is 1. The van der Waals surface area contributed by atoms with Gasteiger partial charge in [0.2, 0.25) is 0 Å². The summed E-state index contributed by atoms with van der Waals surface area (Å²) >= 11 is 5.95. The van der Waals surface area contributed by atoms with Gasteiger partial charge in [-0.3, -0.25) is 4.98 Å². The Morgan fingerprint density at radius 1 is 1.64 bits per heavy atom. The van der Waals surface area contributed by atoms with Crippen molar-refractivity contribution in [3.05, 3.63) is 29.0 Å². The third kappa shape index (κ3) is 1.80. The van der Waals surface area contributed by atoms with E-state index in [0.29, 0.717) is 11.6 Å². The fourth-order valence-corrected chi connectivity index (χ4v) is 1.68. The number of amides is 1. The predicted molar refractivity (Wildman–Crippen MR) is 51.1 cm³/mol. The van der Waals surface area contributed by atoms with Gasteiger partial charge in [0.15, 0.2) is 0 Å². The van der Waals surface area contributed by atoms with E-state index in [1.54, 1.807) is 18.5 Å². The number of cyclic esters (lactones) is 1. The van der Waals surface area contributed by atoms with Crippen LogP contribution in [0.1, 0.15) is 18.0 Å². The molecule has 2 rings (SSSR count). The quantitative estimate of drug-likeness (QED) is 0.774. The zero-order chi connectivity index (χ0) is 9.97. The lowest BCUT2D eigenvalue weighted by Gasteiger charge is -2.24. The second kappa shape index (κ2) is 3.84. The molecule has 0 bridgehead atoms. The molecule has 4 nitrogen and oxygen atoms in total. The van der Waals surface area contributed by atoms with E-state index in [-0.39, 0.29) is 6.04 Å². The minimum Gasteiger partial charge on any atom is -0.449 e. The van der Waals surface area contributed by atoms with E-state index in [1.165, 1.54) is 0 Å². The van der Waals surface area contributed by atoms with Gasteiger partial charge in [-0.1, -0.05) is 11.6 Å². The van der Waals surface area contributed by atoms with Crippen LogP contribution >= 0.6 is 11.6 Å². The summed E-state index contributed by atoms with van der Waals surface area (Å²) in [5.41, 5.74) is 0.887. The molecule has 0 aromatic carbocycles. The first-order valence-electron chi connectivity index (χ1n) is 4.30. The molecule has 1 N–H and O–H groups in total. The first kappa shape index (κ1) is 9.27. The minimum absolute atomic E-state index is 0.0632. The van der Waals surface area contributed by atoms with Crippen molar-refractivity contribution in [3.63, 3.8) is 0 Å². The van der Waals surface area contributed by atoms with Crippen molar-refractivity contribution < 1.29 is 9.53 Å². The number of carbonyl (C=O) groups excluding carboxylic acids is 1. The van der Waals surface area contributed by atoms with Crippen LogP contribution in [0.25, 0.3) is 0 Å². The van der Waals surface area contributed by atoms with Gasteiger partial charge < -0.3 is 10.1 Å². The lowest BCUT2D eigenvalue weighted by molar-refractivity contribution is 0.115. The summed E-state index contributed by atoms with van der Waals surface area (Å²) in [7, 11) is 0. The summed E-state index contributed by atoms with van der Waals surface area (Å²) in [6.45, 7) is 0.426. The van der Waals surface area contributed by atoms with Gasteiger partial charge in [0.25, 0.3) is 0 Å². The van der Waals surface area contributed by atoms with E-state index in [4.69, 9.17) is 16.3 Å². The summed E-state index contributed by atoms with van der Waals surface area (Å²) in [6, 6.07) is 1.74. The molecule has 5 heteroatoms. The Morgan fingerprint density at radius 2 is 2.50 bits per heavy atom. The first-order chi connectivity index (χ1) is 6.77. The molecular weight excluding hydrogens is 204 g/mol. The van der Waals surface area contributed by atoms with Gasteiger partial charge >= 0.3 is 6.09 Å². The molecule has 1 atom stereocenters. The Bertz CT molecular complexity index is 356. The Balaban J connectivity index is 2.22.